The highest BCUT2D eigenvalue weighted by molar-refractivity contribution is 5.87. The molecule has 36 heavy (non-hydrogen) atoms. The summed E-state index contributed by atoms with van der Waals surface area (Å²) >= 11 is 0. The van der Waals surface area contributed by atoms with Crippen molar-refractivity contribution >= 4 is 17.7 Å². The number of anilines is 2. The number of aryl methyl sites for hydroxylation is 1. The third-order valence-corrected chi connectivity index (χ3v) is 5.82. The summed E-state index contributed by atoms with van der Waals surface area (Å²) in [4.78, 5) is 22.4. The van der Waals surface area contributed by atoms with Gasteiger partial charge in [0.15, 0.2) is 11.6 Å². The highest BCUT2D eigenvalue weighted by Crippen LogP contribution is 2.35. The van der Waals surface area contributed by atoms with Crippen molar-refractivity contribution in [2.75, 3.05) is 18.9 Å². The SMILES string of the molecule is CN1CC[C@@](O)(c2cc(-c3cccc(-c4ccnc(Nc5cc(OC(F)F)n(C)n5)n4)c3)no2)C1=O. The van der Waals surface area contributed by atoms with Crippen LogP contribution in [0.15, 0.2) is 53.2 Å². The molecular formula is C23H21F2N7O4. The standard InChI is InChI=1S/C23H21F2N7O4/c1-31-9-7-23(34,20(31)33)17-11-16(30-36-17)14-5-3-4-13(10-14)15-6-8-26-22(27-15)28-18-12-19(32(2)29-18)35-21(24)25/h3-6,8,10-12,21,34H,7,9H2,1-2H3,(H,26,27,28,29)/t23-/m1/s1. The lowest BCUT2D eigenvalue weighted by molar-refractivity contribution is -0.144. The molecular weight excluding hydrogens is 476 g/mol. The first-order chi connectivity index (χ1) is 17.2. The van der Waals surface area contributed by atoms with Gasteiger partial charge in [0.25, 0.3) is 5.91 Å². The molecule has 2 N–H and O–H groups in total. The number of aromatic nitrogens is 5. The van der Waals surface area contributed by atoms with Crippen LogP contribution in [0.25, 0.3) is 22.5 Å². The van der Waals surface area contributed by atoms with Crippen LogP contribution in [0.5, 0.6) is 5.88 Å². The van der Waals surface area contributed by atoms with E-state index in [0.29, 0.717) is 23.5 Å². The van der Waals surface area contributed by atoms with E-state index in [2.05, 4.69) is 30.3 Å². The molecule has 0 unspecified atom stereocenters. The van der Waals surface area contributed by atoms with Gasteiger partial charge in [0, 0.05) is 56.5 Å². The second-order valence-corrected chi connectivity index (χ2v) is 8.25. The number of amides is 1. The summed E-state index contributed by atoms with van der Waals surface area (Å²) < 4.78 is 35.9. The second-order valence-electron chi connectivity index (χ2n) is 8.25. The average molecular weight is 497 g/mol. The molecule has 1 saturated heterocycles. The Hall–Kier alpha value is -4.39. The van der Waals surface area contributed by atoms with E-state index in [-0.39, 0.29) is 29.8 Å². The van der Waals surface area contributed by atoms with E-state index in [1.54, 1.807) is 25.4 Å². The predicted molar refractivity (Wildman–Crippen MR) is 122 cm³/mol. The Labute approximate surface area is 203 Å². The lowest BCUT2D eigenvalue weighted by Crippen LogP contribution is -2.35. The Kier molecular flexibility index (Phi) is 5.84. The molecule has 0 saturated carbocycles. The van der Waals surface area contributed by atoms with Crippen molar-refractivity contribution in [3.63, 3.8) is 0 Å². The van der Waals surface area contributed by atoms with Gasteiger partial charge in [-0.15, -0.1) is 0 Å². The second kappa shape index (κ2) is 9.00. The van der Waals surface area contributed by atoms with Crippen molar-refractivity contribution in [3.05, 3.63) is 54.4 Å². The number of halogens is 2. The minimum Gasteiger partial charge on any atom is -0.417 e. The van der Waals surface area contributed by atoms with Gasteiger partial charge < -0.3 is 24.6 Å². The molecule has 1 aromatic carbocycles. The molecule has 1 atom stereocenters. The lowest BCUT2D eigenvalue weighted by atomic mass is 9.98. The van der Waals surface area contributed by atoms with Gasteiger partial charge >= 0.3 is 6.61 Å². The van der Waals surface area contributed by atoms with Gasteiger partial charge in [-0.25, -0.2) is 14.6 Å². The van der Waals surface area contributed by atoms with Gasteiger partial charge in [0.05, 0.1) is 5.69 Å². The maximum absolute atomic E-state index is 12.5. The molecule has 4 heterocycles. The first kappa shape index (κ1) is 23.4. The van der Waals surface area contributed by atoms with Crippen LogP contribution in [0.3, 0.4) is 0 Å². The van der Waals surface area contributed by atoms with Crippen molar-refractivity contribution in [2.24, 2.45) is 7.05 Å². The number of hydrogen-bond acceptors (Lipinski definition) is 9. The third kappa shape index (κ3) is 4.35. The molecule has 3 aromatic heterocycles. The Morgan fingerprint density at radius 2 is 1.94 bits per heavy atom. The Bertz CT molecular complexity index is 1420. The number of nitrogens with zero attached hydrogens (tertiary/aromatic N) is 6. The van der Waals surface area contributed by atoms with Crippen LogP contribution in [-0.4, -0.2) is 61.0 Å². The number of carbonyl (C=O) groups excluding carboxylic acids is 1. The first-order valence-electron chi connectivity index (χ1n) is 10.9. The average Bonchev–Trinajstić information content (AvgIpc) is 3.55. The minimum absolute atomic E-state index is 0.0938. The van der Waals surface area contributed by atoms with Crippen LogP contribution < -0.4 is 10.1 Å². The molecule has 0 aliphatic carbocycles. The topological polar surface area (TPSA) is 131 Å². The van der Waals surface area contributed by atoms with Gasteiger partial charge in [-0.2, -0.15) is 13.9 Å². The van der Waals surface area contributed by atoms with Crippen LogP contribution >= 0.6 is 0 Å². The van der Waals surface area contributed by atoms with Crippen molar-refractivity contribution < 1.29 is 27.9 Å². The lowest BCUT2D eigenvalue weighted by Gasteiger charge is -2.16. The van der Waals surface area contributed by atoms with E-state index in [0.717, 1.165) is 5.56 Å². The predicted octanol–water partition coefficient (Wildman–Crippen LogP) is 2.93. The maximum atomic E-state index is 12.5. The van der Waals surface area contributed by atoms with Crippen LogP contribution in [0.2, 0.25) is 0 Å². The molecule has 13 heteroatoms. The molecule has 186 valence electrons. The fourth-order valence-electron chi connectivity index (χ4n) is 3.93. The summed E-state index contributed by atoms with van der Waals surface area (Å²) in [6.07, 6.45) is 1.77. The van der Waals surface area contributed by atoms with Crippen LogP contribution in [-0.2, 0) is 17.4 Å². The van der Waals surface area contributed by atoms with Gasteiger partial charge in [-0.1, -0.05) is 23.4 Å². The van der Waals surface area contributed by atoms with E-state index in [1.165, 1.54) is 22.7 Å². The molecule has 0 bridgehead atoms. The number of benzene rings is 1. The number of rotatable bonds is 7. The number of aliphatic hydroxyl groups is 1. The number of alkyl halides is 2. The normalized spacial score (nSPS) is 17.7. The molecule has 0 spiro atoms. The molecule has 11 nitrogen and oxygen atoms in total. The van der Waals surface area contributed by atoms with E-state index < -0.39 is 18.1 Å². The minimum atomic E-state index is -2.97. The van der Waals surface area contributed by atoms with Crippen LogP contribution in [0.4, 0.5) is 20.5 Å². The molecule has 1 amide bonds. The van der Waals surface area contributed by atoms with Crippen molar-refractivity contribution in [2.45, 2.75) is 18.6 Å². The third-order valence-electron chi connectivity index (χ3n) is 5.82. The number of nitrogens with one attached hydrogen (secondary N) is 1. The van der Waals surface area contributed by atoms with Crippen molar-refractivity contribution in [3.8, 4) is 28.4 Å². The summed E-state index contributed by atoms with van der Waals surface area (Å²) in [7, 11) is 3.09. The molecule has 0 radical (unpaired) electrons. The highest BCUT2D eigenvalue weighted by Gasteiger charge is 2.48. The summed E-state index contributed by atoms with van der Waals surface area (Å²) in [6.45, 7) is -2.55. The Balaban J connectivity index is 1.38. The monoisotopic (exact) mass is 497 g/mol. The summed E-state index contributed by atoms with van der Waals surface area (Å²) in [6, 6.07) is 11.9. The van der Waals surface area contributed by atoms with E-state index in [9.17, 15) is 18.7 Å². The number of likely N-dealkylation sites (tertiary alicyclic amines) is 1. The zero-order chi connectivity index (χ0) is 25.4. The highest BCUT2D eigenvalue weighted by atomic mass is 19.3. The number of likely N-dealkylation sites (N-methyl/N-ethyl adjacent to an activating group) is 1. The van der Waals surface area contributed by atoms with E-state index in [4.69, 9.17) is 4.52 Å². The van der Waals surface area contributed by atoms with Crippen LogP contribution in [0, 0.1) is 0 Å². The molecule has 5 rings (SSSR count). The summed E-state index contributed by atoms with van der Waals surface area (Å²) in [5.41, 5.74) is 0.729. The van der Waals surface area contributed by atoms with Gasteiger partial charge in [-0.3, -0.25) is 4.79 Å². The van der Waals surface area contributed by atoms with Gasteiger partial charge in [0.2, 0.25) is 17.4 Å². The van der Waals surface area contributed by atoms with E-state index >= 15 is 0 Å². The molecule has 1 aliphatic rings. The van der Waals surface area contributed by atoms with Crippen molar-refractivity contribution in [1.82, 2.24) is 29.8 Å². The largest absolute Gasteiger partial charge is 0.417 e. The molecule has 1 aliphatic heterocycles. The zero-order valence-corrected chi connectivity index (χ0v) is 19.2. The smallest absolute Gasteiger partial charge is 0.388 e. The molecule has 1 fully saturated rings. The first-order valence-corrected chi connectivity index (χ1v) is 10.9. The fourth-order valence-corrected chi connectivity index (χ4v) is 3.93. The zero-order valence-electron chi connectivity index (χ0n) is 19.2. The maximum Gasteiger partial charge on any atom is 0.388 e. The fraction of sp³-hybridized carbons (Fsp3) is 0.261. The van der Waals surface area contributed by atoms with Gasteiger partial charge in [0.1, 0.15) is 5.69 Å². The van der Waals surface area contributed by atoms with Gasteiger partial charge in [-0.05, 0) is 12.1 Å². The Morgan fingerprint density at radius 3 is 2.67 bits per heavy atom. The number of carbonyl (C=O) groups is 1. The Morgan fingerprint density at radius 1 is 1.17 bits per heavy atom. The quantitative estimate of drug-likeness (QED) is 0.396. The van der Waals surface area contributed by atoms with Crippen LogP contribution in [0.1, 0.15) is 12.2 Å². The number of ether oxygens (including phenoxy) is 1. The number of hydrogen-bond donors (Lipinski definition) is 2. The van der Waals surface area contributed by atoms with E-state index in [1.807, 2.05) is 24.3 Å². The summed E-state index contributed by atoms with van der Waals surface area (Å²) in [5.74, 6) is -0.00958. The molecule has 4 aromatic rings. The van der Waals surface area contributed by atoms with Crippen molar-refractivity contribution in [1.29, 1.82) is 0 Å². The summed E-state index contributed by atoms with van der Waals surface area (Å²) in [5, 5.41) is 21.8.